The molecule has 2 aromatic carbocycles. The van der Waals surface area contributed by atoms with E-state index in [2.05, 4.69) is 109 Å². The topological polar surface area (TPSA) is 12.9 Å². The Hall–Kier alpha value is -2.72. The van der Waals surface area contributed by atoms with Crippen molar-refractivity contribution in [3.05, 3.63) is 94.8 Å². The third-order valence-corrected chi connectivity index (χ3v) is 6.30. The van der Waals surface area contributed by atoms with E-state index >= 15 is 0 Å². The first-order valence-electron chi connectivity index (χ1n) is 10.2. The quantitative estimate of drug-likeness (QED) is 0.274. The Bertz CT molecular complexity index is 1110. The molecule has 3 rings (SSSR count). The first kappa shape index (κ1) is 22.0. The molecule has 0 saturated heterocycles. The molecule has 3 aromatic rings. The Morgan fingerprint density at radius 3 is 2.17 bits per heavy atom. The van der Waals surface area contributed by atoms with E-state index in [0.717, 1.165) is 28.9 Å². The summed E-state index contributed by atoms with van der Waals surface area (Å²) in [4.78, 5) is 5.34. The summed E-state index contributed by atoms with van der Waals surface area (Å²) < 4.78 is 0. The molecule has 0 radical (unpaired) electrons. The number of nitrogens with zero attached hydrogens (tertiary/aromatic N) is 1. The normalized spacial score (nSPS) is 10.5. The summed E-state index contributed by atoms with van der Waals surface area (Å²) in [7, 11) is -1.36. The molecule has 0 fully saturated rings. The molecule has 1 aromatic heterocycles. The van der Waals surface area contributed by atoms with E-state index in [4.69, 9.17) is 0 Å². The highest BCUT2D eigenvalue weighted by Crippen LogP contribution is 2.19. The molecule has 0 amide bonds. The molecule has 0 aliphatic heterocycles. The lowest BCUT2D eigenvalue weighted by atomic mass is 10.1. The van der Waals surface area contributed by atoms with Crippen molar-refractivity contribution in [3.8, 4) is 23.3 Å². The van der Waals surface area contributed by atoms with Gasteiger partial charge in [-0.25, -0.2) is 0 Å². The lowest BCUT2D eigenvalue weighted by Gasteiger charge is -2.04. The number of thioether (sulfide) groups is 1. The molecule has 0 unspecified atom stereocenters. The molecule has 0 aliphatic rings. The van der Waals surface area contributed by atoms with Gasteiger partial charge >= 0.3 is 0 Å². The Labute approximate surface area is 186 Å². The average molecular weight is 426 g/mol. The molecule has 0 saturated carbocycles. The minimum Gasteiger partial charge on any atom is -0.265 e. The summed E-state index contributed by atoms with van der Waals surface area (Å²) in [5.74, 6) is 11.0. The maximum absolute atomic E-state index is 4.06. The fourth-order valence-electron chi connectivity index (χ4n) is 2.75. The number of hydrogen-bond donors (Lipinski definition) is 0. The second-order valence-electron chi connectivity index (χ2n) is 8.26. The Morgan fingerprint density at radius 2 is 1.50 bits per heavy atom. The lowest BCUT2D eigenvalue weighted by molar-refractivity contribution is 1.13. The van der Waals surface area contributed by atoms with Crippen LogP contribution >= 0.6 is 11.8 Å². The van der Waals surface area contributed by atoms with Crippen LogP contribution in [-0.4, -0.2) is 18.8 Å². The van der Waals surface area contributed by atoms with Gasteiger partial charge in [0.05, 0.1) is 0 Å². The van der Waals surface area contributed by atoms with Crippen LogP contribution in [0.5, 0.6) is 0 Å². The maximum Gasteiger partial charge on any atom is 0.129 e. The van der Waals surface area contributed by atoms with Gasteiger partial charge < -0.3 is 0 Å². The van der Waals surface area contributed by atoms with Crippen molar-refractivity contribution >= 4 is 19.8 Å². The van der Waals surface area contributed by atoms with Crippen molar-refractivity contribution in [1.82, 2.24) is 4.98 Å². The molecular weight excluding hydrogens is 398 g/mol. The fourth-order valence-corrected chi connectivity index (χ4v) is 4.16. The largest absolute Gasteiger partial charge is 0.265 e. The van der Waals surface area contributed by atoms with Crippen LogP contribution in [0.2, 0.25) is 19.6 Å². The van der Waals surface area contributed by atoms with Gasteiger partial charge in [-0.1, -0.05) is 37.4 Å². The van der Waals surface area contributed by atoms with Crippen LogP contribution in [-0.2, 0) is 6.42 Å². The van der Waals surface area contributed by atoms with Gasteiger partial charge in [0.15, 0.2) is 0 Å². The number of aromatic nitrogens is 1. The highest BCUT2D eigenvalue weighted by atomic mass is 32.2. The highest BCUT2D eigenvalue weighted by molar-refractivity contribution is 7.99. The van der Waals surface area contributed by atoms with Crippen LogP contribution in [0.25, 0.3) is 0 Å². The third kappa shape index (κ3) is 7.27. The molecule has 150 valence electrons. The SMILES string of the molecule is Cc1cc(C#Cc2ccc(SCCc3ccncc3)cc2)ccc1C#C[Si](C)(C)C. The molecule has 1 heterocycles. The maximum atomic E-state index is 4.06. The van der Waals surface area contributed by atoms with Crippen LogP contribution in [0.3, 0.4) is 0 Å². The standard InChI is InChI=1S/C27H27NSSi/c1-22-21-25(7-10-26(22)16-20-30(2,3)4)6-5-23-8-11-27(12-9-23)29-19-15-24-13-17-28-18-14-24/h7-14,17-18,21H,15,19H2,1-4H3. The van der Waals surface area contributed by atoms with Crippen molar-refractivity contribution in [2.24, 2.45) is 0 Å². The molecule has 0 bridgehead atoms. The smallest absolute Gasteiger partial charge is 0.129 e. The molecule has 0 atom stereocenters. The van der Waals surface area contributed by atoms with Gasteiger partial charge in [0.2, 0.25) is 0 Å². The zero-order valence-electron chi connectivity index (χ0n) is 18.1. The Morgan fingerprint density at radius 1 is 0.833 bits per heavy atom. The van der Waals surface area contributed by atoms with Crippen LogP contribution < -0.4 is 0 Å². The second-order valence-corrected chi connectivity index (χ2v) is 14.2. The monoisotopic (exact) mass is 425 g/mol. The number of rotatable bonds is 4. The Balaban J connectivity index is 1.59. The van der Waals surface area contributed by atoms with Crippen molar-refractivity contribution in [2.45, 2.75) is 37.9 Å². The summed E-state index contributed by atoms with van der Waals surface area (Å²) in [5, 5.41) is 0. The van der Waals surface area contributed by atoms with Crippen molar-refractivity contribution < 1.29 is 0 Å². The molecule has 0 spiro atoms. The van der Waals surface area contributed by atoms with Crippen LogP contribution in [0.15, 0.2) is 71.9 Å². The third-order valence-electron chi connectivity index (χ3n) is 4.41. The van der Waals surface area contributed by atoms with Crippen LogP contribution in [0.1, 0.15) is 27.8 Å². The predicted octanol–water partition coefficient (Wildman–Crippen LogP) is 6.35. The van der Waals surface area contributed by atoms with E-state index < -0.39 is 8.07 Å². The summed E-state index contributed by atoms with van der Waals surface area (Å²) >= 11 is 1.87. The van der Waals surface area contributed by atoms with E-state index in [-0.39, 0.29) is 0 Å². The van der Waals surface area contributed by atoms with Gasteiger partial charge in [-0.3, -0.25) is 4.98 Å². The number of hydrogen-bond acceptors (Lipinski definition) is 2. The van der Waals surface area contributed by atoms with E-state index in [1.807, 2.05) is 24.2 Å². The first-order valence-corrected chi connectivity index (χ1v) is 14.7. The highest BCUT2D eigenvalue weighted by Gasteiger charge is 2.07. The summed E-state index contributed by atoms with van der Waals surface area (Å²) in [6.45, 7) is 8.90. The van der Waals surface area contributed by atoms with Gasteiger partial charge in [0.25, 0.3) is 0 Å². The zero-order chi connectivity index (χ0) is 21.4. The van der Waals surface area contributed by atoms with Crippen molar-refractivity contribution in [3.63, 3.8) is 0 Å². The molecule has 1 nitrogen and oxygen atoms in total. The fraction of sp³-hybridized carbons (Fsp3) is 0.222. The Kier molecular flexibility index (Phi) is 7.58. The number of aryl methyl sites for hydroxylation is 2. The van der Waals surface area contributed by atoms with Crippen molar-refractivity contribution in [2.75, 3.05) is 5.75 Å². The van der Waals surface area contributed by atoms with Gasteiger partial charge in [0.1, 0.15) is 8.07 Å². The summed E-state index contributed by atoms with van der Waals surface area (Å²) in [6, 6.07) is 18.9. The van der Waals surface area contributed by atoms with Crippen LogP contribution in [0.4, 0.5) is 0 Å². The molecule has 3 heteroatoms. The predicted molar refractivity (Wildman–Crippen MR) is 132 cm³/mol. The van der Waals surface area contributed by atoms with E-state index in [0.29, 0.717) is 0 Å². The van der Waals surface area contributed by atoms with Gasteiger partial charge in [-0.05, 0) is 79.1 Å². The van der Waals surface area contributed by atoms with Gasteiger partial charge in [-0.15, -0.1) is 17.3 Å². The molecule has 0 aliphatic carbocycles. The average Bonchev–Trinajstić information content (AvgIpc) is 2.72. The van der Waals surface area contributed by atoms with Gasteiger partial charge in [0, 0.05) is 39.7 Å². The second kappa shape index (κ2) is 10.3. The van der Waals surface area contributed by atoms with E-state index in [9.17, 15) is 0 Å². The van der Waals surface area contributed by atoms with Crippen molar-refractivity contribution in [1.29, 1.82) is 0 Å². The number of benzene rings is 2. The molecule has 30 heavy (non-hydrogen) atoms. The van der Waals surface area contributed by atoms with E-state index in [1.54, 1.807) is 0 Å². The summed E-state index contributed by atoms with van der Waals surface area (Å²) in [6.07, 6.45) is 4.75. The lowest BCUT2D eigenvalue weighted by Crippen LogP contribution is -2.16. The molecule has 0 N–H and O–H groups in total. The number of pyridine rings is 1. The van der Waals surface area contributed by atoms with Crippen LogP contribution in [0, 0.1) is 30.2 Å². The first-order chi connectivity index (χ1) is 14.4. The minimum absolute atomic E-state index is 1.03. The molecular formula is C27H27NSSi. The summed E-state index contributed by atoms with van der Waals surface area (Å²) in [5.41, 5.74) is 9.12. The zero-order valence-corrected chi connectivity index (χ0v) is 19.9. The minimum atomic E-state index is -1.36. The van der Waals surface area contributed by atoms with Gasteiger partial charge in [-0.2, -0.15) is 0 Å². The van der Waals surface area contributed by atoms with E-state index in [1.165, 1.54) is 16.0 Å².